The lowest BCUT2D eigenvalue weighted by Crippen LogP contribution is -2.04. The van der Waals surface area contributed by atoms with Crippen molar-refractivity contribution in [2.45, 2.75) is 0 Å². The number of carbonyl (C=O) groups is 1. The van der Waals surface area contributed by atoms with Crippen LogP contribution in [0.3, 0.4) is 0 Å². The Balaban J connectivity index is 2.12. The number of benzene rings is 2. The molecule has 5 heteroatoms. The number of nitrogen functional groups attached to an aromatic ring is 1. The zero-order chi connectivity index (χ0) is 15.0. The van der Waals surface area contributed by atoms with E-state index in [9.17, 15) is 4.79 Å². The van der Waals surface area contributed by atoms with E-state index in [1.165, 1.54) is 0 Å². The summed E-state index contributed by atoms with van der Waals surface area (Å²) in [5.74, 6) is -0.180. The van der Waals surface area contributed by atoms with Gasteiger partial charge in [-0.05, 0) is 30.3 Å². The van der Waals surface area contributed by atoms with Gasteiger partial charge in [0.1, 0.15) is 0 Å². The molecule has 0 fully saturated rings. The molecule has 21 heavy (non-hydrogen) atoms. The third kappa shape index (κ3) is 2.24. The molecule has 0 radical (unpaired) electrons. The largest absolute Gasteiger partial charge is 0.398 e. The Bertz CT molecular complexity index is 906. The van der Waals surface area contributed by atoms with Gasteiger partial charge in [0, 0.05) is 38.9 Å². The predicted octanol–water partition coefficient (Wildman–Crippen LogP) is 3.51. The van der Waals surface area contributed by atoms with Crippen molar-refractivity contribution in [2.24, 2.45) is 0 Å². The topological polar surface area (TPSA) is 82.7 Å². The molecule has 0 saturated heterocycles. The fraction of sp³-hybridized carbons (Fsp3) is 0. The summed E-state index contributed by atoms with van der Waals surface area (Å²) in [6, 6.07) is 12.0. The average Bonchev–Trinajstić information content (AvgIpc) is 2.89. The van der Waals surface area contributed by atoms with Crippen LogP contribution in [0, 0.1) is 11.3 Å². The highest BCUT2D eigenvalue weighted by atomic mass is 35.5. The molecule has 0 aliphatic rings. The number of nitrogens with zero attached hydrogens (tertiary/aromatic N) is 1. The second-order valence-electron chi connectivity index (χ2n) is 4.64. The number of nitriles is 1. The van der Waals surface area contributed by atoms with E-state index in [-0.39, 0.29) is 5.78 Å². The SMILES string of the molecule is N#Cc1ccc2c(C(=O)c3ccc(Cl)cc3N)c[nH]c2c1. The molecule has 4 nitrogen and oxygen atoms in total. The van der Waals surface area contributed by atoms with Crippen molar-refractivity contribution < 1.29 is 4.79 Å². The minimum Gasteiger partial charge on any atom is -0.398 e. The van der Waals surface area contributed by atoms with Gasteiger partial charge in [-0.15, -0.1) is 0 Å². The Morgan fingerprint density at radius 2 is 2.00 bits per heavy atom. The lowest BCUT2D eigenvalue weighted by atomic mass is 10.0. The van der Waals surface area contributed by atoms with Crippen LogP contribution in [-0.4, -0.2) is 10.8 Å². The lowest BCUT2D eigenvalue weighted by molar-refractivity contribution is 0.104. The summed E-state index contributed by atoms with van der Waals surface area (Å²) in [6.07, 6.45) is 1.63. The fourth-order valence-electron chi connectivity index (χ4n) is 2.27. The number of hydrogen-bond acceptors (Lipinski definition) is 3. The second-order valence-corrected chi connectivity index (χ2v) is 5.07. The van der Waals surface area contributed by atoms with E-state index in [1.54, 1.807) is 42.6 Å². The number of ketones is 1. The molecule has 0 unspecified atom stereocenters. The minimum absolute atomic E-state index is 0.180. The number of hydrogen-bond donors (Lipinski definition) is 2. The van der Waals surface area contributed by atoms with Crippen LogP contribution in [0.25, 0.3) is 10.9 Å². The lowest BCUT2D eigenvalue weighted by Gasteiger charge is -2.04. The quantitative estimate of drug-likeness (QED) is 0.560. The number of nitrogens with one attached hydrogen (secondary N) is 1. The Morgan fingerprint density at radius 1 is 1.19 bits per heavy atom. The molecular weight excluding hydrogens is 286 g/mol. The van der Waals surface area contributed by atoms with E-state index in [0.717, 1.165) is 10.9 Å². The van der Waals surface area contributed by atoms with Gasteiger partial charge in [-0.25, -0.2) is 0 Å². The van der Waals surface area contributed by atoms with Crippen LogP contribution in [0.5, 0.6) is 0 Å². The van der Waals surface area contributed by atoms with Crippen molar-refractivity contribution in [3.05, 3.63) is 64.3 Å². The van der Waals surface area contributed by atoms with E-state index in [4.69, 9.17) is 22.6 Å². The van der Waals surface area contributed by atoms with Gasteiger partial charge in [-0.3, -0.25) is 4.79 Å². The van der Waals surface area contributed by atoms with Gasteiger partial charge < -0.3 is 10.7 Å². The predicted molar refractivity (Wildman–Crippen MR) is 82.3 cm³/mol. The maximum Gasteiger partial charge on any atom is 0.197 e. The van der Waals surface area contributed by atoms with Crippen LogP contribution in [0.4, 0.5) is 5.69 Å². The minimum atomic E-state index is -0.180. The van der Waals surface area contributed by atoms with E-state index in [1.807, 2.05) is 0 Å². The second kappa shape index (κ2) is 4.97. The van der Waals surface area contributed by atoms with Crippen LogP contribution >= 0.6 is 11.6 Å². The summed E-state index contributed by atoms with van der Waals surface area (Å²) in [4.78, 5) is 15.6. The van der Waals surface area contributed by atoms with E-state index in [0.29, 0.717) is 27.4 Å². The van der Waals surface area contributed by atoms with Crippen LogP contribution in [0.1, 0.15) is 21.5 Å². The Hall–Kier alpha value is -2.77. The Morgan fingerprint density at radius 3 is 2.71 bits per heavy atom. The highest BCUT2D eigenvalue weighted by Crippen LogP contribution is 2.25. The summed E-state index contributed by atoms with van der Waals surface area (Å²) >= 11 is 5.85. The molecule has 0 saturated carbocycles. The number of H-pyrrole nitrogens is 1. The molecule has 0 aliphatic heterocycles. The first-order chi connectivity index (χ1) is 10.1. The fourth-order valence-corrected chi connectivity index (χ4v) is 2.45. The zero-order valence-corrected chi connectivity index (χ0v) is 11.6. The number of nitrogens with two attached hydrogens (primary N) is 1. The molecule has 0 aliphatic carbocycles. The first-order valence-corrected chi connectivity index (χ1v) is 6.59. The van der Waals surface area contributed by atoms with Crippen molar-refractivity contribution >= 4 is 34.0 Å². The third-order valence-corrected chi connectivity index (χ3v) is 3.55. The van der Waals surface area contributed by atoms with E-state index < -0.39 is 0 Å². The smallest absolute Gasteiger partial charge is 0.197 e. The summed E-state index contributed by atoms with van der Waals surface area (Å²) in [7, 11) is 0. The molecule has 0 bridgehead atoms. The molecule has 1 aromatic heterocycles. The molecule has 3 N–H and O–H groups in total. The highest BCUT2D eigenvalue weighted by molar-refractivity contribution is 6.31. The Labute approximate surface area is 125 Å². The molecule has 2 aromatic carbocycles. The van der Waals surface area contributed by atoms with Crippen LogP contribution in [0.15, 0.2) is 42.6 Å². The average molecular weight is 296 g/mol. The molecule has 0 spiro atoms. The Kier molecular flexibility index (Phi) is 3.13. The molecular formula is C16H10ClN3O. The number of rotatable bonds is 2. The number of fused-ring (bicyclic) bond motifs is 1. The van der Waals surface area contributed by atoms with Crippen molar-refractivity contribution in [3.63, 3.8) is 0 Å². The summed E-state index contributed by atoms with van der Waals surface area (Å²) in [5.41, 5.74) is 8.40. The monoisotopic (exact) mass is 295 g/mol. The van der Waals surface area contributed by atoms with Crippen molar-refractivity contribution in [1.29, 1.82) is 5.26 Å². The van der Waals surface area contributed by atoms with Gasteiger partial charge in [0.05, 0.1) is 11.6 Å². The number of aromatic amines is 1. The normalized spacial score (nSPS) is 10.5. The van der Waals surface area contributed by atoms with Gasteiger partial charge in [-0.2, -0.15) is 5.26 Å². The van der Waals surface area contributed by atoms with Gasteiger partial charge in [-0.1, -0.05) is 17.7 Å². The highest BCUT2D eigenvalue weighted by Gasteiger charge is 2.16. The maximum absolute atomic E-state index is 12.6. The number of carbonyl (C=O) groups excluding carboxylic acids is 1. The van der Waals surface area contributed by atoms with Crippen LogP contribution < -0.4 is 5.73 Å². The van der Waals surface area contributed by atoms with Crippen LogP contribution in [0.2, 0.25) is 5.02 Å². The number of aromatic nitrogens is 1. The van der Waals surface area contributed by atoms with E-state index >= 15 is 0 Å². The summed E-state index contributed by atoms with van der Waals surface area (Å²) < 4.78 is 0. The molecule has 102 valence electrons. The van der Waals surface area contributed by atoms with Gasteiger partial charge >= 0.3 is 0 Å². The van der Waals surface area contributed by atoms with Crippen molar-refractivity contribution in [2.75, 3.05) is 5.73 Å². The maximum atomic E-state index is 12.6. The number of halogens is 1. The third-order valence-electron chi connectivity index (χ3n) is 3.31. The zero-order valence-electron chi connectivity index (χ0n) is 10.9. The summed E-state index contributed by atoms with van der Waals surface area (Å²) in [6.45, 7) is 0. The first-order valence-electron chi connectivity index (χ1n) is 6.21. The van der Waals surface area contributed by atoms with Gasteiger partial charge in [0.15, 0.2) is 5.78 Å². The van der Waals surface area contributed by atoms with Gasteiger partial charge in [0.2, 0.25) is 0 Å². The molecule has 0 amide bonds. The van der Waals surface area contributed by atoms with Crippen LogP contribution in [-0.2, 0) is 0 Å². The molecule has 1 heterocycles. The molecule has 3 rings (SSSR count). The summed E-state index contributed by atoms with van der Waals surface area (Å²) in [5, 5.41) is 10.1. The van der Waals surface area contributed by atoms with E-state index in [2.05, 4.69) is 11.1 Å². The van der Waals surface area contributed by atoms with Crippen molar-refractivity contribution in [1.82, 2.24) is 4.98 Å². The first kappa shape index (κ1) is 13.2. The number of anilines is 1. The molecule has 0 atom stereocenters. The molecule has 3 aromatic rings. The van der Waals surface area contributed by atoms with Crippen molar-refractivity contribution in [3.8, 4) is 6.07 Å². The van der Waals surface area contributed by atoms with Gasteiger partial charge in [0.25, 0.3) is 0 Å². The standard InChI is InChI=1S/C16H10ClN3O/c17-10-2-4-12(14(19)6-10)16(21)13-8-20-15-5-9(7-18)1-3-11(13)15/h1-6,8,20H,19H2.